The molecule has 1 amide bonds. The molecule has 0 atom stereocenters. The molecule has 3 aromatic carbocycles. The number of hydrogen-bond acceptors (Lipinski definition) is 6. The highest BCUT2D eigenvalue weighted by Gasteiger charge is 2.36. The highest BCUT2D eigenvalue weighted by Crippen LogP contribution is 2.28. The summed E-state index contributed by atoms with van der Waals surface area (Å²) < 4.78 is 60.3. The van der Waals surface area contributed by atoms with Crippen LogP contribution in [0.2, 0.25) is 0 Å². The highest BCUT2D eigenvalue weighted by atomic mass is 32.2. The second-order valence-corrected chi connectivity index (χ2v) is 13.0. The lowest BCUT2D eigenvalue weighted by molar-refractivity contribution is -0.119. The van der Waals surface area contributed by atoms with E-state index in [2.05, 4.69) is 9.88 Å². The molecule has 1 fully saturated rings. The van der Waals surface area contributed by atoms with Gasteiger partial charge in [0.25, 0.3) is 5.56 Å². The van der Waals surface area contributed by atoms with Gasteiger partial charge >= 0.3 is 0 Å². The standard InChI is InChI=1S/C33H29F2N3O5S/c34-24-8-5-21(6-9-24)17-28-20-31(36-43-28)22-7-16-30-23(18-22)19-27(38(33(30)40)26-12-10-25(35)11-13-26)3-1-2-4-32(39)37-44(41,42)29-14-15-29/h5-13,16,18-20,29H,1-4,14-15,17H2,(H,37,39). The van der Waals surface area contributed by atoms with Crippen LogP contribution in [-0.2, 0) is 27.7 Å². The monoisotopic (exact) mass is 617 g/mol. The number of aryl methyl sites for hydroxylation is 1. The highest BCUT2D eigenvalue weighted by molar-refractivity contribution is 7.90. The maximum Gasteiger partial charge on any atom is 0.263 e. The van der Waals surface area contributed by atoms with Crippen molar-refractivity contribution in [2.75, 3.05) is 0 Å². The van der Waals surface area contributed by atoms with E-state index < -0.39 is 27.0 Å². The third-order valence-corrected chi connectivity index (χ3v) is 9.49. The molecule has 0 saturated heterocycles. The van der Waals surface area contributed by atoms with E-state index in [0.717, 1.165) is 11.1 Å². The molecule has 5 aromatic rings. The second-order valence-electron chi connectivity index (χ2n) is 11.0. The number of nitrogens with zero attached hydrogens (tertiary/aromatic N) is 2. The van der Waals surface area contributed by atoms with Crippen molar-refractivity contribution in [2.24, 2.45) is 0 Å². The predicted octanol–water partition coefficient (Wildman–Crippen LogP) is 5.84. The first-order valence-electron chi connectivity index (χ1n) is 14.4. The summed E-state index contributed by atoms with van der Waals surface area (Å²) in [7, 11) is -3.60. The molecule has 8 nitrogen and oxygen atoms in total. The number of carbonyl (C=O) groups excluding carboxylic acids is 1. The number of rotatable bonds is 11. The first-order chi connectivity index (χ1) is 21.2. The summed E-state index contributed by atoms with van der Waals surface area (Å²) in [6.07, 6.45) is 2.97. The number of unbranched alkanes of at least 4 members (excludes halogenated alkanes) is 1. The Hall–Kier alpha value is -4.64. The minimum Gasteiger partial charge on any atom is -0.360 e. The molecular weight excluding hydrogens is 588 g/mol. The van der Waals surface area contributed by atoms with E-state index in [1.165, 1.54) is 41.0 Å². The number of sulfonamides is 1. The first-order valence-corrected chi connectivity index (χ1v) is 15.9. The molecule has 0 aliphatic heterocycles. The van der Waals surface area contributed by atoms with Gasteiger partial charge in [0.2, 0.25) is 15.9 Å². The molecule has 11 heteroatoms. The maximum atomic E-state index is 13.8. The molecule has 0 spiro atoms. The summed E-state index contributed by atoms with van der Waals surface area (Å²) in [6, 6.07) is 20.8. The number of amides is 1. The van der Waals surface area contributed by atoms with E-state index in [0.29, 0.717) is 72.1 Å². The minimum atomic E-state index is -3.60. The zero-order valence-electron chi connectivity index (χ0n) is 23.6. The zero-order valence-corrected chi connectivity index (χ0v) is 24.4. The Morgan fingerprint density at radius 1 is 0.932 bits per heavy atom. The van der Waals surface area contributed by atoms with Crippen LogP contribution in [-0.4, -0.2) is 29.3 Å². The lowest BCUT2D eigenvalue weighted by Gasteiger charge is -2.15. The van der Waals surface area contributed by atoms with Crippen molar-refractivity contribution in [3.8, 4) is 16.9 Å². The Morgan fingerprint density at radius 2 is 1.64 bits per heavy atom. The van der Waals surface area contributed by atoms with Gasteiger partial charge in [0.1, 0.15) is 23.1 Å². The Balaban J connectivity index is 1.25. The molecule has 1 N–H and O–H groups in total. The molecular formula is C33H29F2N3O5S. The molecule has 1 aliphatic carbocycles. The molecule has 226 valence electrons. The third kappa shape index (κ3) is 6.62. The van der Waals surface area contributed by atoms with E-state index in [4.69, 9.17) is 4.52 Å². The normalized spacial score (nSPS) is 13.3. The van der Waals surface area contributed by atoms with E-state index in [1.54, 1.807) is 30.3 Å². The van der Waals surface area contributed by atoms with Crippen LogP contribution >= 0.6 is 0 Å². The number of pyridine rings is 1. The lowest BCUT2D eigenvalue weighted by atomic mass is 10.0. The topological polar surface area (TPSA) is 111 Å². The van der Waals surface area contributed by atoms with Gasteiger partial charge in [-0.25, -0.2) is 17.2 Å². The van der Waals surface area contributed by atoms with Crippen molar-refractivity contribution < 1.29 is 26.5 Å². The van der Waals surface area contributed by atoms with Gasteiger partial charge in [-0.15, -0.1) is 0 Å². The van der Waals surface area contributed by atoms with Crippen LogP contribution in [0.4, 0.5) is 8.78 Å². The van der Waals surface area contributed by atoms with Crippen LogP contribution in [0.15, 0.2) is 88.2 Å². The SMILES string of the molecule is O=C(CCCCc1cc2cc(-c3cc(Cc4ccc(F)cc4)on3)ccc2c(=O)n1-c1ccc(F)cc1)NS(=O)(=O)C1CC1. The van der Waals surface area contributed by atoms with Crippen LogP contribution < -0.4 is 10.3 Å². The van der Waals surface area contributed by atoms with Gasteiger partial charge in [0.15, 0.2) is 0 Å². The Labute approximate surface area is 252 Å². The van der Waals surface area contributed by atoms with Crippen LogP contribution in [0.3, 0.4) is 0 Å². The number of hydrogen-bond donors (Lipinski definition) is 1. The second kappa shape index (κ2) is 12.2. The summed E-state index contributed by atoms with van der Waals surface area (Å²) in [5, 5.41) is 4.86. The smallest absolute Gasteiger partial charge is 0.263 e. The van der Waals surface area contributed by atoms with Crippen molar-refractivity contribution in [3.05, 3.63) is 118 Å². The molecule has 0 unspecified atom stereocenters. The summed E-state index contributed by atoms with van der Waals surface area (Å²) in [5.41, 5.74) is 3.09. The van der Waals surface area contributed by atoms with Crippen LogP contribution in [0, 0.1) is 11.6 Å². The fourth-order valence-electron chi connectivity index (χ4n) is 5.19. The van der Waals surface area contributed by atoms with Crippen molar-refractivity contribution in [1.29, 1.82) is 0 Å². The third-order valence-electron chi connectivity index (χ3n) is 7.63. The number of aromatic nitrogens is 2. The number of carbonyl (C=O) groups is 1. The van der Waals surface area contributed by atoms with Gasteiger partial charge in [-0.2, -0.15) is 0 Å². The van der Waals surface area contributed by atoms with Crippen molar-refractivity contribution >= 4 is 26.7 Å². The predicted molar refractivity (Wildman–Crippen MR) is 162 cm³/mol. The summed E-state index contributed by atoms with van der Waals surface area (Å²) in [6.45, 7) is 0. The average Bonchev–Trinajstić information content (AvgIpc) is 3.77. The van der Waals surface area contributed by atoms with Gasteiger partial charge in [-0.05, 0) is 97.7 Å². The fourth-order valence-corrected chi connectivity index (χ4v) is 6.53. The first kappa shape index (κ1) is 29.4. The number of halogens is 2. The van der Waals surface area contributed by atoms with E-state index in [9.17, 15) is 26.8 Å². The Kier molecular flexibility index (Phi) is 8.13. The maximum absolute atomic E-state index is 13.8. The van der Waals surface area contributed by atoms with Crippen molar-refractivity contribution in [2.45, 2.75) is 50.2 Å². The number of fused-ring (bicyclic) bond motifs is 1. The van der Waals surface area contributed by atoms with Crippen molar-refractivity contribution in [1.82, 2.24) is 14.4 Å². The summed E-state index contributed by atoms with van der Waals surface area (Å²) >= 11 is 0. The van der Waals surface area contributed by atoms with Crippen molar-refractivity contribution in [3.63, 3.8) is 0 Å². The molecule has 6 rings (SSSR count). The molecule has 2 heterocycles. The van der Waals surface area contributed by atoms with Gasteiger partial charge in [-0.3, -0.25) is 18.9 Å². The van der Waals surface area contributed by atoms with Gasteiger partial charge in [-0.1, -0.05) is 23.4 Å². The van der Waals surface area contributed by atoms with Crippen LogP contribution in [0.5, 0.6) is 0 Å². The van der Waals surface area contributed by atoms with E-state index in [1.807, 2.05) is 12.1 Å². The summed E-state index contributed by atoms with van der Waals surface area (Å²) in [5.74, 6) is -0.673. The summed E-state index contributed by atoms with van der Waals surface area (Å²) in [4.78, 5) is 26.0. The number of benzene rings is 3. The molecule has 44 heavy (non-hydrogen) atoms. The van der Waals surface area contributed by atoms with Crippen LogP contribution in [0.25, 0.3) is 27.7 Å². The number of nitrogens with one attached hydrogen (secondary N) is 1. The molecule has 0 bridgehead atoms. The van der Waals surface area contributed by atoms with Gasteiger partial charge < -0.3 is 4.52 Å². The average molecular weight is 618 g/mol. The van der Waals surface area contributed by atoms with Gasteiger partial charge in [0.05, 0.1) is 5.25 Å². The fraction of sp³-hybridized carbons (Fsp3) is 0.242. The minimum absolute atomic E-state index is 0.0386. The molecule has 2 aromatic heterocycles. The van der Waals surface area contributed by atoms with E-state index in [-0.39, 0.29) is 17.8 Å². The molecule has 1 aliphatic rings. The van der Waals surface area contributed by atoms with Gasteiger partial charge in [0, 0.05) is 41.2 Å². The van der Waals surface area contributed by atoms with Crippen LogP contribution in [0.1, 0.15) is 49.1 Å². The quantitative estimate of drug-likeness (QED) is 0.187. The molecule has 1 saturated carbocycles. The largest absolute Gasteiger partial charge is 0.360 e. The Morgan fingerprint density at radius 3 is 2.34 bits per heavy atom. The molecule has 0 radical (unpaired) electrons. The zero-order chi connectivity index (χ0) is 30.8. The lowest BCUT2D eigenvalue weighted by Crippen LogP contribution is -2.33. The Bertz CT molecular complexity index is 2000. The van der Waals surface area contributed by atoms with E-state index >= 15 is 0 Å².